The van der Waals surface area contributed by atoms with Crippen molar-refractivity contribution in [2.24, 2.45) is 5.73 Å². The van der Waals surface area contributed by atoms with E-state index in [9.17, 15) is 0 Å². The van der Waals surface area contributed by atoms with E-state index in [0.717, 1.165) is 12.3 Å². The molecule has 3 heteroatoms. The third-order valence-electron chi connectivity index (χ3n) is 2.95. The first-order chi connectivity index (χ1) is 7.13. The molecule has 82 valence electrons. The average Bonchev–Trinajstić information content (AvgIpc) is 2.28. The first-order valence-corrected chi connectivity index (χ1v) is 6.33. The van der Waals surface area contributed by atoms with E-state index >= 15 is 0 Å². The molecular weight excluding hydrogens is 204 g/mol. The topological polar surface area (TPSA) is 38.0 Å². The molecule has 0 aromatic heterocycles. The monoisotopic (exact) mass is 222 g/mol. The molecule has 0 bridgehead atoms. The molecule has 0 atom stereocenters. The standard InChI is InChI=1S/C12H18N2S/c1-12(2,8-13)9-3-4-10-11(7-9)15-6-5-14-10/h3-4,7,14H,5-6,8,13H2,1-2H3. The first kappa shape index (κ1) is 10.8. The summed E-state index contributed by atoms with van der Waals surface area (Å²) in [6.07, 6.45) is 0. The van der Waals surface area contributed by atoms with Crippen LogP contribution in [0.15, 0.2) is 23.1 Å². The maximum absolute atomic E-state index is 5.79. The van der Waals surface area contributed by atoms with Gasteiger partial charge in [0.05, 0.1) is 0 Å². The van der Waals surface area contributed by atoms with Crippen molar-refractivity contribution in [3.63, 3.8) is 0 Å². The Morgan fingerprint density at radius 3 is 3.00 bits per heavy atom. The number of thioether (sulfide) groups is 1. The van der Waals surface area contributed by atoms with Crippen LogP contribution in [-0.4, -0.2) is 18.8 Å². The minimum atomic E-state index is 0.0764. The molecule has 0 unspecified atom stereocenters. The zero-order valence-electron chi connectivity index (χ0n) is 9.34. The lowest BCUT2D eigenvalue weighted by atomic mass is 9.85. The second kappa shape index (κ2) is 4.06. The van der Waals surface area contributed by atoms with Gasteiger partial charge in [0.1, 0.15) is 0 Å². The van der Waals surface area contributed by atoms with Gasteiger partial charge in [-0.2, -0.15) is 0 Å². The average molecular weight is 222 g/mol. The molecular formula is C12H18N2S. The SMILES string of the molecule is CC(C)(CN)c1ccc2c(c1)SCCN2. The van der Waals surface area contributed by atoms with Gasteiger partial charge in [0.25, 0.3) is 0 Å². The van der Waals surface area contributed by atoms with Gasteiger partial charge in [0.2, 0.25) is 0 Å². The van der Waals surface area contributed by atoms with Gasteiger partial charge in [-0.1, -0.05) is 19.9 Å². The van der Waals surface area contributed by atoms with Gasteiger partial charge < -0.3 is 11.1 Å². The number of rotatable bonds is 2. The maximum atomic E-state index is 5.79. The van der Waals surface area contributed by atoms with Crippen LogP contribution in [0.25, 0.3) is 0 Å². The predicted octanol–water partition coefficient (Wildman–Crippen LogP) is 2.44. The van der Waals surface area contributed by atoms with Gasteiger partial charge in [-0.05, 0) is 17.7 Å². The minimum absolute atomic E-state index is 0.0764. The summed E-state index contributed by atoms with van der Waals surface area (Å²) >= 11 is 1.93. The highest BCUT2D eigenvalue weighted by molar-refractivity contribution is 7.99. The summed E-state index contributed by atoms with van der Waals surface area (Å²) in [6, 6.07) is 6.64. The van der Waals surface area contributed by atoms with Gasteiger partial charge in [-0.15, -0.1) is 11.8 Å². The van der Waals surface area contributed by atoms with E-state index in [0.29, 0.717) is 6.54 Å². The zero-order chi connectivity index (χ0) is 10.9. The molecule has 0 amide bonds. The fraction of sp³-hybridized carbons (Fsp3) is 0.500. The van der Waals surface area contributed by atoms with E-state index in [-0.39, 0.29) is 5.41 Å². The van der Waals surface area contributed by atoms with Crippen molar-refractivity contribution in [2.75, 3.05) is 24.2 Å². The molecule has 2 rings (SSSR count). The molecule has 1 aliphatic heterocycles. The van der Waals surface area contributed by atoms with Gasteiger partial charge in [-0.3, -0.25) is 0 Å². The summed E-state index contributed by atoms with van der Waals surface area (Å²) in [7, 11) is 0. The molecule has 1 heterocycles. The second-order valence-corrected chi connectivity index (χ2v) is 5.71. The van der Waals surface area contributed by atoms with Gasteiger partial charge in [0, 0.05) is 34.8 Å². The van der Waals surface area contributed by atoms with E-state index in [1.165, 1.54) is 16.1 Å². The summed E-state index contributed by atoms with van der Waals surface area (Å²) < 4.78 is 0. The lowest BCUT2D eigenvalue weighted by molar-refractivity contribution is 0.538. The van der Waals surface area contributed by atoms with Crippen LogP contribution in [-0.2, 0) is 5.41 Å². The Bertz CT molecular complexity index is 361. The molecule has 15 heavy (non-hydrogen) atoms. The summed E-state index contributed by atoms with van der Waals surface area (Å²) in [5.74, 6) is 1.15. The van der Waals surface area contributed by atoms with Crippen molar-refractivity contribution in [3.05, 3.63) is 23.8 Å². The number of benzene rings is 1. The number of nitrogens with two attached hydrogens (primary N) is 1. The van der Waals surface area contributed by atoms with E-state index in [4.69, 9.17) is 5.73 Å². The van der Waals surface area contributed by atoms with Gasteiger partial charge in [0.15, 0.2) is 0 Å². The van der Waals surface area contributed by atoms with E-state index in [2.05, 4.69) is 37.4 Å². The Labute approximate surface area is 95.6 Å². The molecule has 1 aromatic rings. The smallest absolute Gasteiger partial charge is 0.0478 e. The number of hydrogen-bond donors (Lipinski definition) is 2. The number of hydrogen-bond acceptors (Lipinski definition) is 3. The highest BCUT2D eigenvalue weighted by Gasteiger charge is 2.20. The molecule has 0 saturated heterocycles. The molecule has 0 saturated carbocycles. The molecule has 0 fully saturated rings. The third kappa shape index (κ3) is 2.13. The van der Waals surface area contributed by atoms with Crippen LogP contribution in [0.2, 0.25) is 0 Å². The lowest BCUT2D eigenvalue weighted by Crippen LogP contribution is -2.28. The lowest BCUT2D eigenvalue weighted by Gasteiger charge is -2.26. The molecule has 3 N–H and O–H groups in total. The Morgan fingerprint density at radius 2 is 2.27 bits per heavy atom. The Kier molecular flexibility index (Phi) is 2.94. The van der Waals surface area contributed by atoms with Crippen LogP contribution < -0.4 is 11.1 Å². The van der Waals surface area contributed by atoms with Crippen molar-refractivity contribution in [2.45, 2.75) is 24.2 Å². The van der Waals surface area contributed by atoms with Crippen molar-refractivity contribution >= 4 is 17.4 Å². The summed E-state index contributed by atoms with van der Waals surface area (Å²) in [4.78, 5) is 1.36. The van der Waals surface area contributed by atoms with Crippen molar-refractivity contribution in [1.82, 2.24) is 0 Å². The fourth-order valence-electron chi connectivity index (χ4n) is 1.67. The van der Waals surface area contributed by atoms with E-state index < -0.39 is 0 Å². The Hall–Kier alpha value is -0.670. The maximum Gasteiger partial charge on any atom is 0.0478 e. The highest BCUT2D eigenvalue weighted by atomic mass is 32.2. The summed E-state index contributed by atoms with van der Waals surface area (Å²) in [5, 5.41) is 3.41. The van der Waals surface area contributed by atoms with Crippen LogP contribution >= 0.6 is 11.8 Å². The van der Waals surface area contributed by atoms with Crippen molar-refractivity contribution < 1.29 is 0 Å². The number of fused-ring (bicyclic) bond motifs is 1. The number of nitrogens with one attached hydrogen (secondary N) is 1. The predicted molar refractivity (Wildman–Crippen MR) is 67.7 cm³/mol. The van der Waals surface area contributed by atoms with Crippen molar-refractivity contribution in [1.29, 1.82) is 0 Å². The van der Waals surface area contributed by atoms with Crippen LogP contribution in [0, 0.1) is 0 Å². The quantitative estimate of drug-likeness (QED) is 0.807. The van der Waals surface area contributed by atoms with Gasteiger partial charge >= 0.3 is 0 Å². The van der Waals surface area contributed by atoms with Crippen LogP contribution in [0.3, 0.4) is 0 Å². The molecule has 1 aromatic carbocycles. The highest BCUT2D eigenvalue weighted by Crippen LogP contribution is 2.34. The second-order valence-electron chi connectivity index (χ2n) is 4.57. The number of anilines is 1. The first-order valence-electron chi connectivity index (χ1n) is 5.35. The van der Waals surface area contributed by atoms with E-state index in [1.54, 1.807) is 0 Å². The van der Waals surface area contributed by atoms with E-state index in [1.807, 2.05) is 11.8 Å². The molecule has 0 radical (unpaired) electrons. The van der Waals surface area contributed by atoms with Crippen LogP contribution in [0.1, 0.15) is 19.4 Å². The Balaban J connectivity index is 2.36. The molecule has 1 aliphatic rings. The third-order valence-corrected chi connectivity index (χ3v) is 4.01. The Morgan fingerprint density at radius 1 is 1.47 bits per heavy atom. The zero-order valence-corrected chi connectivity index (χ0v) is 10.2. The van der Waals surface area contributed by atoms with Crippen LogP contribution in [0.5, 0.6) is 0 Å². The minimum Gasteiger partial charge on any atom is -0.383 e. The molecule has 2 nitrogen and oxygen atoms in total. The fourth-order valence-corrected chi connectivity index (χ4v) is 2.60. The molecule has 0 spiro atoms. The van der Waals surface area contributed by atoms with Crippen LogP contribution in [0.4, 0.5) is 5.69 Å². The molecule has 0 aliphatic carbocycles. The largest absolute Gasteiger partial charge is 0.383 e. The van der Waals surface area contributed by atoms with Crippen molar-refractivity contribution in [3.8, 4) is 0 Å². The summed E-state index contributed by atoms with van der Waals surface area (Å²) in [6.45, 7) is 6.13. The van der Waals surface area contributed by atoms with Gasteiger partial charge in [-0.25, -0.2) is 0 Å². The normalized spacial score (nSPS) is 15.7. The summed E-state index contributed by atoms with van der Waals surface area (Å²) in [5.41, 5.74) is 8.47.